The van der Waals surface area contributed by atoms with Crippen LogP contribution in [0.15, 0.2) is 24.3 Å². The van der Waals surface area contributed by atoms with Crippen molar-refractivity contribution in [1.82, 2.24) is 5.32 Å². The highest BCUT2D eigenvalue weighted by Gasteiger charge is 2.27. The SMILES string of the molecule is CC[C@](C)(CC(=O)O)NC(=O)Cc1ccc(F)cc1. The number of amides is 1. The molecule has 0 bridgehead atoms. The number of aliphatic carboxylic acids is 1. The van der Waals surface area contributed by atoms with Crippen LogP contribution in [-0.4, -0.2) is 22.5 Å². The Hall–Kier alpha value is -1.91. The zero-order chi connectivity index (χ0) is 14.5. The molecule has 0 spiro atoms. The van der Waals surface area contributed by atoms with Gasteiger partial charge in [-0.2, -0.15) is 0 Å². The van der Waals surface area contributed by atoms with E-state index in [9.17, 15) is 14.0 Å². The molecule has 0 saturated heterocycles. The number of hydrogen-bond donors (Lipinski definition) is 2. The van der Waals surface area contributed by atoms with E-state index in [0.29, 0.717) is 12.0 Å². The average Bonchev–Trinajstić information content (AvgIpc) is 2.31. The van der Waals surface area contributed by atoms with Crippen LogP contribution in [0.5, 0.6) is 0 Å². The first-order valence-electron chi connectivity index (χ1n) is 6.12. The Labute approximate surface area is 111 Å². The van der Waals surface area contributed by atoms with Crippen LogP contribution in [0.3, 0.4) is 0 Å². The van der Waals surface area contributed by atoms with Crippen molar-refractivity contribution in [3.8, 4) is 0 Å². The highest BCUT2D eigenvalue weighted by atomic mass is 19.1. The third kappa shape index (κ3) is 5.07. The van der Waals surface area contributed by atoms with Crippen molar-refractivity contribution < 1.29 is 19.1 Å². The third-order valence-corrected chi connectivity index (χ3v) is 3.04. The summed E-state index contributed by atoms with van der Waals surface area (Å²) in [6.45, 7) is 3.52. The van der Waals surface area contributed by atoms with Crippen LogP contribution in [0.4, 0.5) is 4.39 Å². The fourth-order valence-electron chi connectivity index (χ4n) is 1.76. The molecule has 0 aliphatic rings. The molecule has 4 nitrogen and oxygen atoms in total. The summed E-state index contributed by atoms with van der Waals surface area (Å²) < 4.78 is 12.7. The number of nitrogens with one attached hydrogen (secondary N) is 1. The lowest BCUT2D eigenvalue weighted by molar-refractivity contribution is -0.139. The van der Waals surface area contributed by atoms with Gasteiger partial charge in [0.2, 0.25) is 5.91 Å². The molecule has 0 aliphatic carbocycles. The lowest BCUT2D eigenvalue weighted by Gasteiger charge is -2.28. The molecule has 0 heterocycles. The molecule has 0 saturated carbocycles. The maximum atomic E-state index is 12.7. The van der Waals surface area contributed by atoms with E-state index in [-0.39, 0.29) is 24.6 Å². The molecule has 1 aromatic carbocycles. The van der Waals surface area contributed by atoms with Gasteiger partial charge in [-0.3, -0.25) is 9.59 Å². The first-order valence-corrected chi connectivity index (χ1v) is 6.12. The van der Waals surface area contributed by atoms with E-state index in [0.717, 1.165) is 0 Å². The summed E-state index contributed by atoms with van der Waals surface area (Å²) in [5.74, 6) is -1.57. The topological polar surface area (TPSA) is 66.4 Å². The van der Waals surface area contributed by atoms with Gasteiger partial charge in [-0.05, 0) is 31.0 Å². The molecule has 19 heavy (non-hydrogen) atoms. The van der Waals surface area contributed by atoms with E-state index in [4.69, 9.17) is 5.11 Å². The Kier molecular flexibility index (Phi) is 5.03. The molecule has 0 aliphatic heterocycles. The minimum absolute atomic E-state index is 0.107. The lowest BCUT2D eigenvalue weighted by atomic mass is 9.94. The summed E-state index contributed by atoms with van der Waals surface area (Å²) in [5, 5.41) is 11.5. The van der Waals surface area contributed by atoms with Crippen LogP contribution in [0.1, 0.15) is 32.3 Å². The number of carboxylic acid groups (broad SMARTS) is 1. The number of carbonyl (C=O) groups excluding carboxylic acids is 1. The van der Waals surface area contributed by atoms with Gasteiger partial charge in [-0.15, -0.1) is 0 Å². The van der Waals surface area contributed by atoms with Crippen LogP contribution in [0, 0.1) is 5.82 Å². The number of benzene rings is 1. The highest BCUT2D eigenvalue weighted by Crippen LogP contribution is 2.15. The molecule has 0 unspecified atom stereocenters. The molecular formula is C14H18FNO3. The monoisotopic (exact) mass is 267 g/mol. The van der Waals surface area contributed by atoms with E-state index in [1.54, 1.807) is 6.92 Å². The van der Waals surface area contributed by atoms with Gasteiger partial charge in [0.25, 0.3) is 0 Å². The van der Waals surface area contributed by atoms with Crippen molar-refractivity contribution in [3.63, 3.8) is 0 Å². The molecular weight excluding hydrogens is 249 g/mol. The van der Waals surface area contributed by atoms with Gasteiger partial charge >= 0.3 is 5.97 Å². The Morgan fingerprint density at radius 3 is 2.37 bits per heavy atom. The normalized spacial score (nSPS) is 13.6. The average molecular weight is 267 g/mol. The maximum absolute atomic E-state index is 12.7. The van der Waals surface area contributed by atoms with Crippen molar-refractivity contribution in [2.45, 2.75) is 38.6 Å². The standard InChI is InChI=1S/C14H18FNO3/c1-3-14(2,9-13(18)19)16-12(17)8-10-4-6-11(15)7-5-10/h4-7H,3,8-9H2,1-2H3,(H,16,17)(H,18,19)/t14-/m1/s1. The molecule has 1 amide bonds. The van der Waals surface area contributed by atoms with Crippen molar-refractivity contribution in [2.24, 2.45) is 0 Å². The predicted molar refractivity (Wildman–Crippen MR) is 69.2 cm³/mol. The summed E-state index contributed by atoms with van der Waals surface area (Å²) in [5.41, 5.74) is -0.0733. The second kappa shape index (κ2) is 6.31. The van der Waals surface area contributed by atoms with E-state index in [1.165, 1.54) is 24.3 Å². The zero-order valence-electron chi connectivity index (χ0n) is 11.1. The molecule has 2 N–H and O–H groups in total. The quantitative estimate of drug-likeness (QED) is 0.829. The molecule has 0 radical (unpaired) electrons. The van der Waals surface area contributed by atoms with Crippen molar-refractivity contribution in [1.29, 1.82) is 0 Å². The van der Waals surface area contributed by atoms with Crippen LogP contribution < -0.4 is 5.32 Å². The first kappa shape index (κ1) is 15.1. The number of hydrogen-bond acceptors (Lipinski definition) is 2. The van der Waals surface area contributed by atoms with Gasteiger partial charge < -0.3 is 10.4 Å². The van der Waals surface area contributed by atoms with Crippen LogP contribution in [-0.2, 0) is 16.0 Å². The van der Waals surface area contributed by atoms with Crippen LogP contribution in [0.25, 0.3) is 0 Å². The summed E-state index contributed by atoms with van der Waals surface area (Å²) in [6.07, 6.45) is 0.503. The fourth-order valence-corrected chi connectivity index (χ4v) is 1.76. The van der Waals surface area contributed by atoms with Gasteiger partial charge in [0.1, 0.15) is 5.82 Å². The molecule has 0 aromatic heterocycles. The number of carbonyl (C=O) groups is 2. The molecule has 1 aromatic rings. The lowest BCUT2D eigenvalue weighted by Crippen LogP contribution is -2.47. The first-order chi connectivity index (χ1) is 8.84. The van der Waals surface area contributed by atoms with Gasteiger partial charge in [-0.25, -0.2) is 4.39 Å². The van der Waals surface area contributed by atoms with E-state index in [2.05, 4.69) is 5.32 Å². The van der Waals surface area contributed by atoms with E-state index >= 15 is 0 Å². The number of rotatable bonds is 6. The largest absolute Gasteiger partial charge is 0.481 e. The summed E-state index contributed by atoms with van der Waals surface area (Å²) >= 11 is 0. The van der Waals surface area contributed by atoms with Crippen molar-refractivity contribution >= 4 is 11.9 Å². The number of halogens is 1. The molecule has 1 rings (SSSR count). The van der Waals surface area contributed by atoms with E-state index < -0.39 is 11.5 Å². The Morgan fingerprint density at radius 1 is 1.32 bits per heavy atom. The maximum Gasteiger partial charge on any atom is 0.305 e. The van der Waals surface area contributed by atoms with Crippen LogP contribution >= 0.6 is 0 Å². The summed E-state index contributed by atoms with van der Waals surface area (Å²) in [7, 11) is 0. The highest BCUT2D eigenvalue weighted by molar-refractivity contribution is 5.80. The molecule has 104 valence electrons. The van der Waals surface area contributed by atoms with Crippen molar-refractivity contribution in [3.05, 3.63) is 35.6 Å². The third-order valence-electron chi connectivity index (χ3n) is 3.04. The second-order valence-corrected chi connectivity index (χ2v) is 4.84. The van der Waals surface area contributed by atoms with Gasteiger partial charge in [0.05, 0.1) is 12.8 Å². The Bertz CT molecular complexity index is 458. The Morgan fingerprint density at radius 2 is 1.89 bits per heavy atom. The molecule has 0 fully saturated rings. The number of carboxylic acids is 1. The van der Waals surface area contributed by atoms with E-state index in [1.807, 2.05) is 6.92 Å². The smallest absolute Gasteiger partial charge is 0.305 e. The van der Waals surface area contributed by atoms with Crippen molar-refractivity contribution in [2.75, 3.05) is 0 Å². The minimum atomic E-state index is -0.952. The zero-order valence-corrected chi connectivity index (χ0v) is 11.1. The van der Waals surface area contributed by atoms with Gasteiger partial charge in [-0.1, -0.05) is 19.1 Å². The summed E-state index contributed by atoms with van der Waals surface area (Å²) in [4.78, 5) is 22.6. The van der Waals surface area contributed by atoms with Crippen LogP contribution in [0.2, 0.25) is 0 Å². The second-order valence-electron chi connectivity index (χ2n) is 4.84. The van der Waals surface area contributed by atoms with Gasteiger partial charge in [0.15, 0.2) is 0 Å². The Balaban J connectivity index is 2.63. The summed E-state index contributed by atoms with van der Waals surface area (Å²) in [6, 6.07) is 5.66. The molecule has 1 atom stereocenters. The fraction of sp³-hybridized carbons (Fsp3) is 0.429. The molecule has 5 heteroatoms. The predicted octanol–water partition coefficient (Wildman–Crippen LogP) is 2.13. The minimum Gasteiger partial charge on any atom is -0.481 e. The van der Waals surface area contributed by atoms with Gasteiger partial charge in [0, 0.05) is 5.54 Å².